The summed E-state index contributed by atoms with van der Waals surface area (Å²) in [6.07, 6.45) is 0.988. The minimum Gasteiger partial charge on any atom is -0.310 e. The monoisotopic (exact) mass is 371 g/mol. The summed E-state index contributed by atoms with van der Waals surface area (Å²) < 4.78 is 1.11. The lowest BCUT2D eigenvalue weighted by Gasteiger charge is -2.14. The van der Waals surface area contributed by atoms with Crippen LogP contribution in [0, 0.1) is 0 Å². The molecule has 0 amide bonds. The molecular weight excluding hydrogens is 357 g/mol. The molecule has 0 saturated heterocycles. The van der Waals surface area contributed by atoms with Crippen LogP contribution in [0.15, 0.2) is 46.9 Å². The fourth-order valence-corrected chi connectivity index (χ4v) is 2.89. The predicted molar refractivity (Wildman–Crippen MR) is 90.6 cm³/mol. The Kier molecular flexibility index (Phi) is 5.91. The first kappa shape index (κ1) is 15.8. The molecule has 0 bridgehead atoms. The van der Waals surface area contributed by atoms with Crippen LogP contribution in [0.1, 0.15) is 18.1 Å². The number of halogens is 3. The molecule has 20 heavy (non-hydrogen) atoms. The van der Waals surface area contributed by atoms with Crippen LogP contribution in [0.25, 0.3) is 0 Å². The van der Waals surface area contributed by atoms with E-state index in [-0.39, 0.29) is 0 Å². The van der Waals surface area contributed by atoms with Gasteiger partial charge in [0.05, 0.1) is 0 Å². The Labute approximate surface area is 138 Å². The van der Waals surface area contributed by atoms with Crippen LogP contribution in [0.5, 0.6) is 0 Å². The molecule has 0 saturated carbocycles. The van der Waals surface area contributed by atoms with Crippen molar-refractivity contribution in [2.75, 3.05) is 0 Å². The maximum atomic E-state index is 5.99. The third-order valence-corrected chi connectivity index (χ3v) is 4.00. The molecule has 0 aliphatic heterocycles. The lowest BCUT2D eigenvalue weighted by atomic mass is 10.1. The molecular formula is C16H16BrCl2N. The summed E-state index contributed by atoms with van der Waals surface area (Å²) in [6.45, 7) is 2.94. The van der Waals surface area contributed by atoms with Gasteiger partial charge in [-0.1, -0.05) is 51.3 Å². The van der Waals surface area contributed by atoms with Gasteiger partial charge in [-0.05, 0) is 54.8 Å². The molecule has 0 spiro atoms. The van der Waals surface area contributed by atoms with Crippen molar-refractivity contribution in [1.82, 2.24) is 5.32 Å². The number of benzene rings is 2. The lowest BCUT2D eigenvalue weighted by Crippen LogP contribution is -2.27. The van der Waals surface area contributed by atoms with E-state index in [1.165, 1.54) is 5.56 Å². The Morgan fingerprint density at radius 3 is 2.20 bits per heavy atom. The molecule has 2 aromatic rings. The Hall–Kier alpha value is -0.540. The average Bonchev–Trinajstić information content (AvgIpc) is 2.38. The van der Waals surface area contributed by atoms with Crippen molar-refractivity contribution in [3.63, 3.8) is 0 Å². The lowest BCUT2D eigenvalue weighted by molar-refractivity contribution is 0.545. The molecule has 1 nitrogen and oxygen atoms in total. The maximum Gasteiger partial charge on any atom is 0.0424 e. The summed E-state index contributed by atoms with van der Waals surface area (Å²) in [6, 6.07) is 14.4. The van der Waals surface area contributed by atoms with Gasteiger partial charge >= 0.3 is 0 Å². The second kappa shape index (κ2) is 7.46. The van der Waals surface area contributed by atoms with Crippen LogP contribution in [-0.2, 0) is 13.0 Å². The van der Waals surface area contributed by atoms with E-state index < -0.39 is 0 Å². The summed E-state index contributed by atoms with van der Waals surface area (Å²) in [4.78, 5) is 0. The van der Waals surface area contributed by atoms with Crippen molar-refractivity contribution < 1.29 is 0 Å². The summed E-state index contributed by atoms with van der Waals surface area (Å²) in [5, 5.41) is 4.84. The summed E-state index contributed by atoms with van der Waals surface area (Å²) in [5.74, 6) is 0. The summed E-state index contributed by atoms with van der Waals surface area (Å²) >= 11 is 15.4. The first-order valence-corrected chi connectivity index (χ1v) is 8.00. The van der Waals surface area contributed by atoms with Gasteiger partial charge < -0.3 is 5.32 Å². The molecule has 0 radical (unpaired) electrons. The van der Waals surface area contributed by atoms with Crippen molar-refractivity contribution >= 4 is 39.1 Å². The second-order valence-corrected chi connectivity index (χ2v) is 6.68. The standard InChI is InChI=1S/C16H16BrCl2N/c1-11(6-12-2-4-14(17)5-3-12)20-10-13-7-15(18)9-16(19)8-13/h2-5,7-9,11,20H,6,10H2,1H3. The van der Waals surface area contributed by atoms with Gasteiger partial charge in [-0.3, -0.25) is 0 Å². The molecule has 2 aromatic carbocycles. The van der Waals surface area contributed by atoms with Gasteiger partial charge in [0.15, 0.2) is 0 Å². The van der Waals surface area contributed by atoms with Gasteiger partial charge in [-0.2, -0.15) is 0 Å². The van der Waals surface area contributed by atoms with E-state index in [1.54, 1.807) is 6.07 Å². The van der Waals surface area contributed by atoms with Crippen LogP contribution in [0.4, 0.5) is 0 Å². The first-order valence-electron chi connectivity index (χ1n) is 6.46. The number of nitrogens with one attached hydrogen (secondary N) is 1. The highest BCUT2D eigenvalue weighted by molar-refractivity contribution is 9.10. The van der Waals surface area contributed by atoms with Gasteiger partial charge in [0.1, 0.15) is 0 Å². The highest BCUT2D eigenvalue weighted by Crippen LogP contribution is 2.19. The molecule has 1 unspecified atom stereocenters. The van der Waals surface area contributed by atoms with Gasteiger partial charge in [-0.25, -0.2) is 0 Å². The minimum atomic E-state index is 0.383. The van der Waals surface area contributed by atoms with E-state index in [0.29, 0.717) is 16.1 Å². The van der Waals surface area contributed by atoms with Crippen molar-refractivity contribution in [1.29, 1.82) is 0 Å². The minimum absolute atomic E-state index is 0.383. The Balaban J connectivity index is 1.88. The second-order valence-electron chi connectivity index (χ2n) is 4.89. The molecule has 1 atom stereocenters. The molecule has 0 aliphatic carbocycles. The fraction of sp³-hybridized carbons (Fsp3) is 0.250. The molecule has 2 rings (SSSR count). The zero-order valence-corrected chi connectivity index (χ0v) is 14.3. The zero-order valence-electron chi connectivity index (χ0n) is 11.2. The Bertz CT molecular complexity index is 549. The number of hydrogen-bond acceptors (Lipinski definition) is 1. The largest absolute Gasteiger partial charge is 0.310 e. The third-order valence-electron chi connectivity index (χ3n) is 3.03. The van der Waals surface area contributed by atoms with Gasteiger partial charge in [0.2, 0.25) is 0 Å². The molecule has 4 heteroatoms. The Morgan fingerprint density at radius 2 is 1.60 bits per heavy atom. The highest BCUT2D eigenvalue weighted by atomic mass is 79.9. The smallest absolute Gasteiger partial charge is 0.0424 e. The summed E-state index contributed by atoms with van der Waals surface area (Å²) in [7, 11) is 0. The number of rotatable bonds is 5. The first-order chi connectivity index (χ1) is 9.52. The van der Waals surface area contributed by atoms with Crippen molar-refractivity contribution in [2.45, 2.75) is 25.9 Å². The quantitative estimate of drug-likeness (QED) is 0.732. The number of hydrogen-bond donors (Lipinski definition) is 1. The average molecular weight is 373 g/mol. The molecule has 0 aliphatic rings. The van der Waals surface area contributed by atoms with Gasteiger partial charge in [-0.15, -0.1) is 0 Å². The van der Waals surface area contributed by atoms with E-state index in [2.05, 4.69) is 52.4 Å². The molecule has 0 aromatic heterocycles. The zero-order chi connectivity index (χ0) is 14.5. The molecule has 0 heterocycles. The van der Waals surface area contributed by atoms with Crippen LogP contribution in [0.2, 0.25) is 10.0 Å². The SMILES string of the molecule is CC(Cc1ccc(Br)cc1)NCc1cc(Cl)cc(Cl)c1. The van der Waals surface area contributed by atoms with Crippen molar-refractivity contribution in [3.05, 3.63) is 68.1 Å². The summed E-state index contributed by atoms with van der Waals surface area (Å²) in [5.41, 5.74) is 2.42. The highest BCUT2D eigenvalue weighted by Gasteiger charge is 2.04. The molecule has 106 valence electrons. The van der Waals surface area contributed by atoms with Crippen LogP contribution >= 0.6 is 39.1 Å². The topological polar surface area (TPSA) is 12.0 Å². The molecule has 1 N–H and O–H groups in total. The van der Waals surface area contributed by atoms with Gasteiger partial charge in [0.25, 0.3) is 0 Å². The normalized spacial score (nSPS) is 12.4. The predicted octanol–water partition coefficient (Wildman–Crippen LogP) is 5.48. The maximum absolute atomic E-state index is 5.99. The van der Waals surface area contributed by atoms with E-state index >= 15 is 0 Å². The van der Waals surface area contributed by atoms with Crippen molar-refractivity contribution in [3.8, 4) is 0 Å². The fourth-order valence-electron chi connectivity index (χ4n) is 2.05. The third kappa shape index (κ3) is 5.10. The van der Waals surface area contributed by atoms with Gasteiger partial charge in [0, 0.05) is 27.1 Å². The van der Waals surface area contributed by atoms with Crippen LogP contribution in [-0.4, -0.2) is 6.04 Å². The molecule has 0 fully saturated rings. The van der Waals surface area contributed by atoms with E-state index in [4.69, 9.17) is 23.2 Å². The van der Waals surface area contributed by atoms with Crippen molar-refractivity contribution in [2.24, 2.45) is 0 Å². The van der Waals surface area contributed by atoms with Crippen LogP contribution in [0.3, 0.4) is 0 Å². The van der Waals surface area contributed by atoms with E-state index in [1.807, 2.05) is 12.1 Å². The van der Waals surface area contributed by atoms with Crippen LogP contribution < -0.4 is 5.32 Å². The Morgan fingerprint density at radius 1 is 1.00 bits per heavy atom. The van der Waals surface area contributed by atoms with E-state index in [0.717, 1.165) is 23.0 Å². The van der Waals surface area contributed by atoms with E-state index in [9.17, 15) is 0 Å².